The van der Waals surface area contributed by atoms with Gasteiger partial charge in [0, 0.05) is 17.7 Å². The molecule has 7 rings (SSSR count). The Kier molecular flexibility index (Phi) is 14.1. The van der Waals surface area contributed by atoms with Crippen molar-refractivity contribution in [2.75, 3.05) is 19.8 Å². The van der Waals surface area contributed by atoms with Gasteiger partial charge in [0.15, 0.2) is 35.9 Å². The number of aliphatic hydroxyl groups is 12. The Morgan fingerprint density at radius 3 is 1.77 bits per heavy atom. The summed E-state index contributed by atoms with van der Waals surface area (Å²) >= 11 is 0. The smallest absolute Gasteiger partial charge is 0.239 e. The molecule has 16 N–H and O–H groups in total. The van der Waals surface area contributed by atoms with E-state index in [1.165, 1.54) is 6.92 Å². The minimum absolute atomic E-state index is 0.395. The van der Waals surface area contributed by atoms with Crippen LogP contribution in [0.1, 0.15) is 6.92 Å². The van der Waals surface area contributed by atoms with Gasteiger partial charge in [0.2, 0.25) is 29.5 Å². The van der Waals surface area contributed by atoms with Crippen molar-refractivity contribution in [1.82, 2.24) is 0 Å². The highest BCUT2D eigenvalue weighted by atomic mass is 16.8. The molecule has 0 radical (unpaired) electrons. The van der Waals surface area contributed by atoms with Crippen molar-refractivity contribution in [3.8, 4) is 45.8 Å². The van der Waals surface area contributed by atoms with Crippen LogP contribution in [0.3, 0.4) is 0 Å². The number of hydrogen-bond acceptors (Lipinski definition) is 26. The Balaban J connectivity index is 1.27. The van der Waals surface area contributed by atoms with Gasteiger partial charge in [-0.3, -0.25) is 4.79 Å². The normalized spacial score (nSPS) is 39.4. The number of aromatic hydroxyl groups is 4. The molecule has 64 heavy (non-hydrogen) atoms. The maximum atomic E-state index is 14.3. The first-order valence-electron chi connectivity index (χ1n) is 19.6. The fraction of sp³-hybridized carbons (Fsp3) is 0.605. The minimum atomic E-state index is -2.09. The molecule has 0 saturated carbocycles. The lowest BCUT2D eigenvalue weighted by Crippen LogP contribution is -2.67. The van der Waals surface area contributed by atoms with Gasteiger partial charge in [-0.25, -0.2) is 0 Å². The van der Waals surface area contributed by atoms with Gasteiger partial charge in [-0.05, 0) is 19.1 Å². The van der Waals surface area contributed by atoms with E-state index >= 15 is 0 Å². The molecular weight excluding hydrogens is 872 g/mol. The summed E-state index contributed by atoms with van der Waals surface area (Å²) in [5, 5.41) is 168. The van der Waals surface area contributed by atoms with Crippen LogP contribution in [0.2, 0.25) is 0 Å². The van der Waals surface area contributed by atoms with Crippen LogP contribution in [0.25, 0.3) is 22.3 Å². The topological polar surface area (TPSA) is 428 Å². The summed E-state index contributed by atoms with van der Waals surface area (Å²) in [5.41, 5.74) is -2.09. The maximum Gasteiger partial charge on any atom is 0.239 e. The summed E-state index contributed by atoms with van der Waals surface area (Å²) in [7, 11) is 0. The number of aliphatic hydroxyl groups excluding tert-OH is 12. The zero-order valence-corrected chi connectivity index (χ0v) is 33.1. The number of ether oxygens (including phenoxy) is 8. The van der Waals surface area contributed by atoms with E-state index in [2.05, 4.69) is 0 Å². The second kappa shape index (κ2) is 18.9. The zero-order chi connectivity index (χ0) is 46.6. The molecule has 0 aliphatic carbocycles. The molecule has 3 aromatic rings. The van der Waals surface area contributed by atoms with Crippen molar-refractivity contribution in [3.05, 3.63) is 34.5 Å². The van der Waals surface area contributed by atoms with Crippen LogP contribution < -0.4 is 14.9 Å². The van der Waals surface area contributed by atoms with Crippen molar-refractivity contribution in [1.29, 1.82) is 0 Å². The largest absolute Gasteiger partial charge is 0.508 e. The van der Waals surface area contributed by atoms with E-state index in [0.717, 1.165) is 24.3 Å². The first-order valence-corrected chi connectivity index (χ1v) is 19.6. The number of phenols is 4. The Morgan fingerprint density at radius 1 is 0.578 bits per heavy atom. The van der Waals surface area contributed by atoms with E-state index in [-0.39, 0.29) is 0 Å². The molecule has 0 unspecified atom stereocenters. The molecule has 356 valence electrons. The molecule has 2 aromatic carbocycles. The number of fused-ring (bicyclic) bond motifs is 1. The van der Waals surface area contributed by atoms with Gasteiger partial charge in [-0.2, -0.15) is 0 Å². The third kappa shape index (κ3) is 8.87. The molecule has 26 heteroatoms. The number of rotatable bonds is 11. The van der Waals surface area contributed by atoms with E-state index in [9.17, 15) is 86.5 Å². The Bertz CT molecular complexity index is 2150. The van der Waals surface area contributed by atoms with Gasteiger partial charge < -0.3 is 124 Å². The Morgan fingerprint density at radius 2 is 1.12 bits per heavy atom. The summed E-state index contributed by atoms with van der Waals surface area (Å²) in [6, 6.07) is 3.40. The second-order valence-corrected chi connectivity index (χ2v) is 15.6. The highest BCUT2D eigenvalue weighted by molar-refractivity contribution is 5.88. The van der Waals surface area contributed by atoms with Crippen molar-refractivity contribution >= 4 is 11.0 Å². The van der Waals surface area contributed by atoms with Crippen molar-refractivity contribution in [2.45, 2.75) is 124 Å². The number of benzene rings is 2. The molecule has 1 aromatic heterocycles. The summed E-state index contributed by atoms with van der Waals surface area (Å²) in [4.78, 5) is 14.3. The van der Waals surface area contributed by atoms with Crippen LogP contribution in [0.5, 0.6) is 34.5 Å². The van der Waals surface area contributed by atoms with E-state index in [0.29, 0.717) is 0 Å². The van der Waals surface area contributed by atoms with Crippen LogP contribution >= 0.6 is 0 Å². The van der Waals surface area contributed by atoms with Crippen LogP contribution in [0.4, 0.5) is 0 Å². The Labute approximate surface area is 358 Å². The minimum Gasteiger partial charge on any atom is -0.508 e. The summed E-state index contributed by atoms with van der Waals surface area (Å²) in [6.07, 6.45) is -35.3. The highest BCUT2D eigenvalue weighted by Crippen LogP contribution is 2.45. The van der Waals surface area contributed by atoms with Gasteiger partial charge in [0.05, 0.1) is 25.9 Å². The standard InChI is InChI=1S/C38H48O26/c1-9-20(46)26(52)33(64-38-34(27(53)23(49)18(7-40)60-38)63-36-29(55)25(51)22(48)17(6-39)59-36)37(57-9)62-32-24(50)19-12(42)4-11(41)5-16(19)58-30(32)10-2-13(43)31(14(44)3-10)61-35-28(54)21(47)15(45)8-56-35/h2-5,9,15,17-18,20-23,25-29,33-49,51-55H,6-8H2,1H3/t9-,15+,17+,18+,20-,21-,22+,23+,25-,26+,27-,28+,29+,33+,34+,35-,36-,37-,38-/m0/s1. The summed E-state index contributed by atoms with van der Waals surface area (Å²) in [6.45, 7) is -1.09. The molecular formula is C38H48O26. The number of hydrogen-bond donors (Lipinski definition) is 16. The average Bonchev–Trinajstić information content (AvgIpc) is 3.25. The lowest BCUT2D eigenvalue weighted by molar-refractivity contribution is -0.388. The molecule has 4 aliphatic rings. The van der Waals surface area contributed by atoms with E-state index < -0.39 is 199 Å². The lowest BCUT2D eigenvalue weighted by atomic mass is 9.96. The summed E-state index contributed by atoms with van der Waals surface area (Å²) in [5.74, 6) is -5.55. The SMILES string of the molecule is C[C@@H]1O[C@@H](Oc2c(-c3cc(O)c(O[C@@H]4OC[C@@H](O)[C@H](O)[C@H]4O)c(O)c3)oc3cc(O)cc(O)c3c2=O)[C@H](O[C@@H]2O[C@H](CO)[C@@H](O)[C@H](O)[C@H]2O[C@@H]2O[C@H](CO)[C@@H](O)[C@H](O)[C@H]2O)[C@H](O)[C@H]1O. The highest BCUT2D eigenvalue weighted by Gasteiger charge is 2.54. The second-order valence-electron chi connectivity index (χ2n) is 15.6. The van der Waals surface area contributed by atoms with E-state index in [1.54, 1.807) is 0 Å². The van der Waals surface area contributed by atoms with Crippen LogP contribution in [-0.2, 0) is 28.4 Å². The fourth-order valence-corrected chi connectivity index (χ4v) is 7.57. The van der Waals surface area contributed by atoms with Crippen molar-refractivity contribution in [2.24, 2.45) is 0 Å². The van der Waals surface area contributed by atoms with Crippen molar-refractivity contribution < 1.29 is 124 Å². The van der Waals surface area contributed by atoms with Crippen molar-refractivity contribution in [3.63, 3.8) is 0 Å². The van der Waals surface area contributed by atoms with Gasteiger partial charge in [0.25, 0.3) is 0 Å². The van der Waals surface area contributed by atoms with Crippen LogP contribution in [0, 0.1) is 0 Å². The van der Waals surface area contributed by atoms with E-state index in [1.807, 2.05) is 0 Å². The van der Waals surface area contributed by atoms with Gasteiger partial charge in [-0.15, -0.1) is 0 Å². The molecule has 4 aliphatic heterocycles. The third-order valence-electron chi connectivity index (χ3n) is 11.2. The Hall–Kier alpha value is -4.27. The van der Waals surface area contributed by atoms with Gasteiger partial charge in [-0.1, -0.05) is 0 Å². The van der Waals surface area contributed by atoms with Crippen LogP contribution in [0.15, 0.2) is 33.5 Å². The molecule has 0 amide bonds. The quantitative estimate of drug-likeness (QED) is 0.0851. The summed E-state index contributed by atoms with van der Waals surface area (Å²) < 4.78 is 51.0. The lowest BCUT2D eigenvalue weighted by Gasteiger charge is -2.48. The predicted molar refractivity (Wildman–Crippen MR) is 201 cm³/mol. The molecule has 5 heterocycles. The average molecular weight is 921 g/mol. The van der Waals surface area contributed by atoms with Crippen LogP contribution in [-0.4, -0.2) is 218 Å². The third-order valence-corrected chi connectivity index (χ3v) is 11.2. The first-order chi connectivity index (χ1) is 30.2. The number of phenolic OH excluding ortho intramolecular Hbond substituents is 4. The molecule has 0 bridgehead atoms. The first kappa shape index (κ1) is 47.7. The molecule has 19 atom stereocenters. The monoisotopic (exact) mass is 920 g/mol. The van der Waals surface area contributed by atoms with Gasteiger partial charge in [0.1, 0.15) is 102 Å². The van der Waals surface area contributed by atoms with E-state index in [4.69, 9.17) is 42.3 Å². The zero-order valence-electron chi connectivity index (χ0n) is 33.1. The predicted octanol–water partition coefficient (Wildman–Crippen LogP) is -6.05. The molecule has 4 saturated heterocycles. The molecule has 0 spiro atoms. The van der Waals surface area contributed by atoms with Gasteiger partial charge >= 0.3 is 0 Å². The fourth-order valence-electron chi connectivity index (χ4n) is 7.57. The molecule has 4 fully saturated rings. The molecule has 26 nitrogen and oxygen atoms in total. The maximum absolute atomic E-state index is 14.3.